The Kier molecular flexibility index (Phi) is 4.59. The van der Waals surface area contributed by atoms with Crippen LogP contribution in [0.25, 0.3) is 0 Å². The second-order valence-corrected chi connectivity index (χ2v) is 6.09. The molecule has 0 aliphatic carbocycles. The van der Waals surface area contributed by atoms with E-state index < -0.39 is 0 Å². The van der Waals surface area contributed by atoms with Crippen molar-refractivity contribution in [2.45, 2.75) is 19.8 Å². The topological polar surface area (TPSA) is 80.1 Å². The summed E-state index contributed by atoms with van der Waals surface area (Å²) in [5.41, 5.74) is 0.725. The van der Waals surface area contributed by atoms with Crippen molar-refractivity contribution in [1.29, 1.82) is 0 Å². The third-order valence-corrected chi connectivity index (χ3v) is 4.20. The van der Waals surface area contributed by atoms with Crippen LogP contribution in [0.4, 0.5) is 11.6 Å². The molecular formula is C17H21N5O2. The number of nitrogens with zero attached hydrogens (tertiary/aromatic N) is 4. The van der Waals surface area contributed by atoms with E-state index in [9.17, 15) is 9.59 Å². The van der Waals surface area contributed by atoms with Crippen LogP contribution in [0.15, 0.2) is 35.1 Å². The summed E-state index contributed by atoms with van der Waals surface area (Å²) >= 11 is 0. The molecule has 1 aliphatic heterocycles. The molecule has 1 saturated heterocycles. The van der Waals surface area contributed by atoms with Gasteiger partial charge in [-0.3, -0.25) is 9.59 Å². The third-order valence-electron chi connectivity index (χ3n) is 4.20. The summed E-state index contributed by atoms with van der Waals surface area (Å²) in [6.45, 7) is 3.31. The van der Waals surface area contributed by atoms with E-state index >= 15 is 0 Å². The highest BCUT2D eigenvalue weighted by atomic mass is 16.2. The highest BCUT2D eigenvalue weighted by molar-refractivity contribution is 5.92. The predicted molar refractivity (Wildman–Crippen MR) is 92.0 cm³/mol. The molecule has 0 aromatic carbocycles. The number of hydrogen-bond donors (Lipinski definition) is 1. The molecule has 1 fully saturated rings. The summed E-state index contributed by atoms with van der Waals surface area (Å²) in [4.78, 5) is 30.4. The lowest BCUT2D eigenvalue weighted by Gasteiger charge is -2.32. The Morgan fingerprint density at radius 2 is 2.12 bits per heavy atom. The van der Waals surface area contributed by atoms with Gasteiger partial charge in [0, 0.05) is 31.9 Å². The Morgan fingerprint density at radius 3 is 2.88 bits per heavy atom. The maximum absolute atomic E-state index is 12.5. The van der Waals surface area contributed by atoms with Crippen LogP contribution in [0.2, 0.25) is 0 Å². The van der Waals surface area contributed by atoms with Crippen molar-refractivity contribution in [2.24, 2.45) is 13.0 Å². The molecule has 3 heterocycles. The lowest BCUT2D eigenvalue weighted by atomic mass is 9.97. The first-order valence-electron chi connectivity index (χ1n) is 8.07. The highest BCUT2D eigenvalue weighted by Crippen LogP contribution is 2.22. The van der Waals surface area contributed by atoms with Gasteiger partial charge < -0.3 is 10.2 Å². The number of rotatable bonds is 3. The van der Waals surface area contributed by atoms with Crippen LogP contribution in [-0.2, 0) is 11.8 Å². The summed E-state index contributed by atoms with van der Waals surface area (Å²) in [6, 6.07) is 8.77. The van der Waals surface area contributed by atoms with Gasteiger partial charge in [-0.1, -0.05) is 6.07 Å². The second-order valence-electron chi connectivity index (χ2n) is 6.09. The molecule has 0 radical (unpaired) electrons. The van der Waals surface area contributed by atoms with E-state index in [1.165, 1.54) is 10.7 Å². The van der Waals surface area contributed by atoms with Crippen LogP contribution in [-0.4, -0.2) is 33.8 Å². The van der Waals surface area contributed by atoms with Gasteiger partial charge in [-0.05, 0) is 38.0 Å². The van der Waals surface area contributed by atoms with Gasteiger partial charge in [0.15, 0.2) is 0 Å². The minimum Gasteiger partial charge on any atom is -0.354 e. The van der Waals surface area contributed by atoms with Gasteiger partial charge in [0.1, 0.15) is 11.6 Å². The van der Waals surface area contributed by atoms with Crippen molar-refractivity contribution >= 4 is 17.5 Å². The number of nitrogens with one attached hydrogen (secondary N) is 1. The van der Waals surface area contributed by atoms with Gasteiger partial charge in [0.2, 0.25) is 5.91 Å². The lowest BCUT2D eigenvalue weighted by molar-refractivity contribution is -0.120. The number of piperidine rings is 1. The van der Waals surface area contributed by atoms with E-state index in [0.717, 1.165) is 30.9 Å². The molecule has 7 heteroatoms. The smallest absolute Gasteiger partial charge is 0.266 e. The Labute approximate surface area is 140 Å². The molecule has 1 amide bonds. The van der Waals surface area contributed by atoms with Crippen LogP contribution in [0, 0.1) is 12.8 Å². The number of pyridine rings is 1. The first-order chi connectivity index (χ1) is 11.5. The number of carbonyl (C=O) groups excluding carboxylic acids is 1. The van der Waals surface area contributed by atoms with Crippen molar-refractivity contribution in [3.8, 4) is 0 Å². The number of carbonyl (C=O) groups is 1. The minimum absolute atomic E-state index is 0.0254. The van der Waals surface area contributed by atoms with E-state index in [1.54, 1.807) is 19.2 Å². The molecule has 126 valence electrons. The van der Waals surface area contributed by atoms with E-state index in [2.05, 4.69) is 20.3 Å². The molecule has 2 aromatic rings. The minimum atomic E-state index is -0.143. The van der Waals surface area contributed by atoms with Crippen molar-refractivity contribution in [3.05, 3.63) is 46.4 Å². The van der Waals surface area contributed by atoms with Crippen LogP contribution >= 0.6 is 0 Å². The second kappa shape index (κ2) is 6.82. The molecule has 1 N–H and O–H groups in total. The molecule has 3 rings (SSSR count). The van der Waals surface area contributed by atoms with E-state index in [-0.39, 0.29) is 17.4 Å². The molecule has 7 nitrogen and oxygen atoms in total. The fourth-order valence-corrected chi connectivity index (χ4v) is 2.90. The molecule has 0 saturated carbocycles. The number of amides is 1. The van der Waals surface area contributed by atoms with Crippen LogP contribution < -0.4 is 15.8 Å². The van der Waals surface area contributed by atoms with Gasteiger partial charge in [-0.2, -0.15) is 5.10 Å². The average Bonchev–Trinajstić information content (AvgIpc) is 2.57. The van der Waals surface area contributed by atoms with Crippen molar-refractivity contribution in [3.63, 3.8) is 0 Å². The molecule has 1 atom stereocenters. The summed E-state index contributed by atoms with van der Waals surface area (Å²) in [7, 11) is 1.63. The van der Waals surface area contributed by atoms with Crippen LogP contribution in [0.3, 0.4) is 0 Å². The van der Waals surface area contributed by atoms with Gasteiger partial charge in [-0.25, -0.2) is 9.67 Å². The standard InChI is InChI=1S/C17H21N5O2/c1-12-5-3-7-14(18-12)19-17(24)13-6-4-10-22(11-13)15-8-9-16(23)21(2)20-15/h3,5,7-9,13H,4,6,10-11H2,1-2H3,(H,18,19,24)/t13-/m1/s1. The summed E-state index contributed by atoms with van der Waals surface area (Å²) in [5, 5.41) is 7.16. The largest absolute Gasteiger partial charge is 0.354 e. The first-order valence-corrected chi connectivity index (χ1v) is 8.07. The van der Waals surface area contributed by atoms with Gasteiger partial charge in [0.25, 0.3) is 5.56 Å². The van der Waals surface area contributed by atoms with Gasteiger partial charge >= 0.3 is 0 Å². The molecule has 2 aromatic heterocycles. The first kappa shape index (κ1) is 16.2. The number of aromatic nitrogens is 3. The van der Waals surface area contributed by atoms with Crippen molar-refractivity contribution in [1.82, 2.24) is 14.8 Å². The average molecular weight is 327 g/mol. The molecular weight excluding hydrogens is 306 g/mol. The lowest BCUT2D eigenvalue weighted by Crippen LogP contribution is -2.41. The van der Waals surface area contributed by atoms with E-state index in [0.29, 0.717) is 12.4 Å². The summed E-state index contributed by atoms with van der Waals surface area (Å²) < 4.78 is 1.32. The quantitative estimate of drug-likeness (QED) is 0.920. The number of aryl methyl sites for hydroxylation is 2. The Balaban J connectivity index is 1.69. The Bertz CT molecular complexity index is 802. The van der Waals surface area contributed by atoms with E-state index in [4.69, 9.17) is 0 Å². The fourth-order valence-electron chi connectivity index (χ4n) is 2.90. The summed E-state index contributed by atoms with van der Waals surface area (Å²) in [6.07, 6.45) is 1.74. The summed E-state index contributed by atoms with van der Waals surface area (Å²) in [5.74, 6) is 1.16. The normalized spacial score (nSPS) is 17.6. The monoisotopic (exact) mass is 327 g/mol. The fraction of sp³-hybridized carbons (Fsp3) is 0.412. The molecule has 24 heavy (non-hydrogen) atoms. The maximum atomic E-state index is 12.5. The zero-order valence-electron chi connectivity index (χ0n) is 13.9. The van der Waals surface area contributed by atoms with Crippen molar-refractivity contribution < 1.29 is 4.79 Å². The molecule has 0 spiro atoms. The van der Waals surface area contributed by atoms with Crippen LogP contribution in [0.1, 0.15) is 18.5 Å². The van der Waals surface area contributed by atoms with Gasteiger partial charge in [0.05, 0.1) is 5.92 Å². The zero-order chi connectivity index (χ0) is 17.1. The van der Waals surface area contributed by atoms with Gasteiger partial charge in [-0.15, -0.1) is 0 Å². The molecule has 0 unspecified atom stereocenters. The maximum Gasteiger partial charge on any atom is 0.266 e. The third kappa shape index (κ3) is 3.61. The SMILES string of the molecule is Cc1cccc(NC(=O)[C@@H]2CCCN(c3ccc(=O)n(C)n3)C2)n1. The van der Waals surface area contributed by atoms with Crippen molar-refractivity contribution in [2.75, 3.05) is 23.3 Å². The van der Waals surface area contributed by atoms with E-state index in [1.807, 2.05) is 19.1 Å². The Hall–Kier alpha value is -2.70. The predicted octanol–water partition coefficient (Wildman–Crippen LogP) is 1.34. The Morgan fingerprint density at radius 1 is 1.29 bits per heavy atom. The zero-order valence-corrected chi connectivity index (χ0v) is 13.9. The highest BCUT2D eigenvalue weighted by Gasteiger charge is 2.27. The number of hydrogen-bond acceptors (Lipinski definition) is 5. The molecule has 0 bridgehead atoms. The number of anilines is 2. The molecule has 1 aliphatic rings. The van der Waals surface area contributed by atoms with Crippen LogP contribution in [0.5, 0.6) is 0 Å².